The van der Waals surface area contributed by atoms with E-state index in [9.17, 15) is 19.8 Å². The number of amides is 1. The molecule has 0 radical (unpaired) electrons. The third-order valence-electron chi connectivity index (χ3n) is 4.68. The van der Waals surface area contributed by atoms with Crippen molar-refractivity contribution < 1.29 is 19.8 Å². The van der Waals surface area contributed by atoms with Gasteiger partial charge in [-0.1, -0.05) is 6.92 Å². The molecule has 0 aromatic heterocycles. The molecular weight excluding hydrogens is 272 g/mol. The van der Waals surface area contributed by atoms with Gasteiger partial charge in [0.1, 0.15) is 0 Å². The maximum Gasteiger partial charge on any atom is 0.307 e. The smallest absolute Gasteiger partial charge is 0.307 e. The van der Waals surface area contributed by atoms with E-state index >= 15 is 0 Å². The molecule has 5 atom stereocenters. The van der Waals surface area contributed by atoms with E-state index in [1.807, 2.05) is 25.9 Å². The number of likely N-dealkylation sites (tertiary alicyclic amines) is 1. The third-order valence-corrected chi connectivity index (χ3v) is 4.68. The predicted molar refractivity (Wildman–Crippen MR) is 77.7 cm³/mol. The molecule has 1 saturated carbocycles. The molecule has 0 bridgehead atoms. The van der Waals surface area contributed by atoms with Gasteiger partial charge in [0.05, 0.1) is 17.9 Å². The number of hydrogen-bond donors (Lipinski definition) is 2. The molecule has 120 valence electrons. The van der Waals surface area contributed by atoms with E-state index in [-0.39, 0.29) is 17.9 Å². The Balaban J connectivity index is 2.11. The predicted octanol–water partition coefficient (Wildman–Crippen LogP) is 0.257. The van der Waals surface area contributed by atoms with Crippen LogP contribution in [0.25, 0.3) is 0 Å². The molecule has 1 saturated heterocycles. The molecule has 2 rings (SSSR count). The number of β-amino-alcohol motifs (C(OH)–C–C–N with tert-alkyl or cyclic N) is 1. The number of aliphatic hydroxyl groups excluding tert-OH is 1. The second-order valence-electron chi connectivity index (χ2n) is 6.92. The number of aliphatic carboxylic acids is 1. The van der Waals surface area contributed by atoms with E-state index in [2.05, 4.69) is 0 Å². The lowest BCUT2D eigenvalue weighted by Gasteiger charge is -2.30. The van der Waals surface area contributed by atoms with E-state index in [1.54, 1.807) is 4.90 Å². The Morgan fingerprint density at radius 3 is 2.38 bits per heavy atom. The third kappa shape index (κ3) is 3.55. The Hall–Kier alpha value is -1.14. The Kier molecular flexibility index (Phi) is 4.88. The van der Waals surface area contributed by atoms with Crippen LogP contribution in [0.15, 0.2) is 0 Å². The second-order valence-corrected chi connectivity index (χ2v) is 6.92. The van der Waals surface area contributed by atoms with Gasteiger partial charge in [-0.3, -0.25) is 9.59 Å². The molecule has 1 aliphatic carbocycles. The molecule has 21 heavy (non-hydrogen) atoms. The van der Waals surface area contributed by atoms with Crippen LogP contribution in [0, 0.1) is 17.8 Å². The summed E-state index contributed by atoms with van der Waals surface area (Å²) in [6.07, 6.45) is 1.28. The van der Waals surface area contributed by atoms with Gasteiger partial charge < -0.3 is 20.0 Å². The van der Waals surface area contributed by atoms with Gasteiger partial charge in [-0.2, -0.15) is 0 Å². The molecule has 1 heterocycles. The molecule has 1 aliphatic heterocycles. The van der Waals surface area contributed by atoms with Crippen LogP contribution >= 0.6 is 0 Å². The van der Waals surface area contributed by atoms with Crippen molar-refractivity contribution in [2.75, 3.05) is 27.2 Å². The van der Waals surface area contributed by atoms with Crippen molar-refractivity contribution >= 4 is 11.9 Å². The molecule has 6 heteroatoms. The average molecular weight is 298 g/mol. The molecule has 0 spiro atoms. The summed E-state index contributed by atoms with van der Waals surface area (Å²) in [6.45, 7) is 3.02. The molecule has 0 aromatic carbocycles. The van der Waals surface area contributed by atoms with Crippen molar-refractivity contribution in [1.82, 2.24) is 9.80 Å². The normalized spacial score (nSPS) is 36.4. The van der Waals surface area contributed by atoms with E-state index < -0.39 is 23.9 Å². The molecule has 2 N–H and O–H groups in total. The van der Waals surface area contributed by atoms with Crippen molar-refractivity contribution in [3.05, 3.63) is 0 Å². The summed E-state index contributed by atoms with van der Waals surface area (Å²) in [6, 6.07) is -0.0205. The highest BCUT2D eigenvalue weighted by molar-refractivity contribution is 5.85. The van der Waals surface area contributed by atoms with Gasteiger partial charge in [0.2, 0.25) is 5.91 Å². The molecule has 6 nitrogen and oxygen atoms in total. The highest BCUT2D eigenvalue weighted by atomic mass is 16.4. The number of nitrogens with zero attached hydrogens (tertiary/aromatic N) is 2. The number of carbonyl (C=O) groups excluding carboxylic acids is 1. The van der Waals surface area contributed by atoms with Crippen LogP contribution in [-0.4, -0.2) is 71.2 Å². The largest absolute Gasteiger partial charge is 0.481 e. The van der Waals surface area contributed by atoms with Gasteiger partial charge in [0.25, 0.3) is 0 Å². The zero-order chi connectivity index (χ0) is 15.7. The summed E-state index contributed by atoms with van der Waals surface area (Å²) in [5.74, 6) is -1.71. The van der Waals surface area contributed by atoms with Crippen LogP contribution in [0.2, 0.25) is 0 Å². The molecule has 1 amide bonds. The lowest BCUT2D eigenvalue weighted by Crippen LogP contribution is -2.45. The second kappa shape index (κ2) is 6.32. The minimum absolute atomic E-state index is 0.0205. The average Bonchev–Trinajstić information content (AvgIpc) is 2.91. The fraction of sp³-hybridized carbons (Fsp3) is 0.867. The Labute approximate surface area is 125 Å². The van der Waals surface area contributed by atoms with Crippen LogP contribution in [-0.2, 0) is 9.59 Å². The number of carbonyl (C=O) groups is 2. The van der Waals surface area contributed by atoms with Crippen LogP contribution in [0.3, 0.4) is 0 Å². The zero-order valence-electron chi connectivity index (χ0n) is 13.0. The number of likely N-dealkylation sites (N-methyl/N-ethyl adjacent to an activating group) is 1. The monoisotopic (exact) mass is 298 g/mol. The van der Waals surface area contributed by atoms with E-state index in [4.69, 9.17) is 0 Å². The topological polar surface area (TPSA) is 81.1 Å². The molecule has 2 aliphatic rings. The number of carboxylic acid groups (broad SMARTS) is 1. The fourth-order valence-electron chi connectivity index (χ4n) is 3.81. The van der Waals surface area contributed by atoms with Crippen molar-refractivity contribution in [1.29, 1.82) is 0 Å². The standard InChI is InChI=1S/C15H26N2O4/c1-9-4-12(13(5-9)15(20)21)14(19)17-8-11(18)6-10(17)7-16(2)3/h9-13,18H,4-8H2,1-3H3,(H,20,21). The fourth-order valence-corrected chi connectivity index (χ4v) is 3.81. The van der Waals surface area contributed by atoms with Gasteiger partial charge in [-0.25, -0.2) is 0 Å². The first kappa shape index (κ1) is 16.2. The first-order valence-electron chi connectivity index (χ1n) is 7.65. The maximum absolute atomic E-state index is 12.8. The highest BCUT2D eigenvalue weighted by Gasteiger charge is 2.45. The summed E-state index contributed by atoms with van der Waals surface area (Å²) >= 11 is 0. The van der Waals surface area contributed by atoms with Crippen LogP contribution in [0.4, 0.5) is 0 Å². The number of hydrogen-bond acceptors (Lipinski definition) is 4. The summed E-state index contributed by atoms with van der Waals surface area (Å²) in [5, 5.41) is 19.2. The summed E-state index contributed by atoms with van der Waals surface area (Å²) < 4.78 is 0. The summed E-state index contributed by atoms with van der Waals surface area (Å²) in [4.78, 5) is 27.9. The van der Waals surface area contributed by atoms with Crippen molar-refractivity contribution in [3.8, 4) is 0 Å². The maximum atomic E-state index is 12.8. The minimum atomic E-state index is -0.874. The van der Waals surface area contributed by atoms with Crippen molar-refractivity contribution in [3.63, 3.8) is 0 Å². The lowest BCUT2D eigenvalue weighted by atomic mass is 9.94. The molecule has 2 fully saturated rings. The van der Waals surface area contributed by atoms with Gasteiger partial charge in [-0.05, 0) is 39.3 Å². The van der Waals surface area contributed by atoms with Crippen LogP contribution < -0.4 is 0 Å². The van der Waals surface area contributed by atoms with Crippen molar-refractivity contribution in [2.24, 2.45) is 17.8 Å². The quantitative estimate of drug-likeness (QED) is 0.778. The van der Waals surface area contributed by atoms with E-state index in [1.165, 1.54) is 0 Å². The van der Waals surface area contributed by atoms with Gasteiger partial charge in [0.15, 0.2) is 0 Å². The molecule has 5 unspecified atom stereocenters. The van der Waals surface area contributed by atoms with Crippen LogP contribution in [0.1, 0.15) is 26.2 Å². The zero-order valence-corrected chi connectivity index (χ0v) is 13.0. The number of aliphatic hydroxyl groups is 1. The van der Waals surface area contributed by atoms with E-state index in [0.29, 0.717) is 32.4 Å². The lowest BCUT2D eigenvalue weighted by molar-refractivity contribution is -0.149. The van der Waals surface area contributed by atoms with Gasteiger partial charge in [0, 0.05) is 19.1 Å². The van der Waals surface area contributed by atoms with Crippen molar-refractivity contribution in [2.45, 2.75) is 38.3 Å². The summed E-state index contributed by atoms with van der Waals surface area (Å²) in [5.41, 5.74) is 0. The molecular formula is C15H26N2O4. The Bertz CT molecular complexity index is 412. The SMILES string of the molecule is CC1CC(C(=O)O)C(C(=O)N2CC(O)CC2CN(C)C)C1. The Morgan fingerprint density at radius 1 is 1.19 bits per heavy atom. The Morgan fingerprint density at radius 2 is 1.81 bits per heavy atom. The van der Waals surface area contributed by atoms with Gasteiger partial charge >= 0.3 is 5.97 Å². The highest BCUT2D eigenvalue weighted by Crippen LogP contribution is 2.38. The minimum Gasteiger partial charge on any atom is -0.481 e. The molecule has 0 aromatic rings. The number of carboxylic acids is 1. The number of rotatable bonds is 4. The first-order valence-corrected chi connectivity index (χ1v) is 7.65. The first-order chi connectivity index (χ1) is 9.79. The van der Waals surface area contributed by atoms with E-state index in [0.717, 1.165) is 0 Å². The van der Waals surface area contributed by atoms with Crippen LogP contribution in [0.5, 0.6) is 0 Å². The summed E-state index contributed by atoms with van der Waals surface area (Å²) in [7, 11) is 3.87. The van der Waals surface area contributed by atoms with Gasteiger partial charge in [-0.15, -0.1) is 0 Å².